The van der Waals surface area contributed by atoms with Gasteiger partial charge in [0.1, 0.15) is 5.75 Å². The second-order valence-electron chi connectivity index (χ2n) is 6.00. The van der Waals surface area contributed by atoms with E-state index in [0.29, 0.717) is 6.54 Å². The Balaban J connectivity index is 0.00000264. The van der Waals surface area contributed by atoms with E-state index in [1.165, 1.54) is 0 Å². The van der Waals surface area contributed by atoms with Crippen LogP contribution in [0.1, 0.15) is 30.9 Å². The van der Waals surface area contributed by atoms with E-state index in [1.807, 2.05) is 32.3 Å². The van der Waals surface area contributed by atoms with Gasteiger partial charge in [0.05, 0.1) is 19.2 Å². The van der Waals surface area contributed by atoms with Crippen molar-refractivity contribution in [3.8, 4) is 5.75 Å². The third kappa shape index (κ3) is 6.48. The lowest BCUT2D eigenvalue weighted by Gasteiger charge is -2.27. The average Bonchev–Trinajstić information content (AvgIpc) is 2.55. The van der Waals surface area contributed by atoms with Crippen LogP contribution in [0.4, 0.5) is 0 Å². The Morgan fingerprint density at radius 3 is 2.71 bits per heavy atom. The molecule has 138 valence electrons. The van der Waals surface area contributed by atoms with Crippen LogP contribution in [0, 0.1) is 0 Å². The smallest absolute Gasteiger partial charge is 0.237 e. The number of halogens is 2. The molecule has 1 aromatic carbocycles. The Morgan fingerprint density at radius 2 is 2.12 bits per heavy atom. The van der Waals surface area contributed by atoms with Gasteiger partial charge in [0.25, 0.3) is 0 Å². The highest BCUT2D eigenvalue weighted by atomic mass is 35.5. The summed E-state index contributed by atoms with van der Waals surface area (Å²) < 4.78 is 5.29. The Bertz CT molecular complexity index is 494. The Morgan fingerprint density at radius 1 is 1.38 bits per heavy atom. The van der Waals surface area contributed by atoms with Crippen LogP contribution in [0.2, 0.25) is 0 Å². The molecule has 1 saturated heterocycles. The van der Waals surface area contributed by atoms with Crippen LogP contribution in [0.15, 0.2) is 24.3 Å². The van der Waals surface area contributed by atoms with E-state index < -0.39 is 0 Å². The molecule has 0 aliphatic carbocycles. The van der Waals surface area contributed by atoms with E-state index in [-0.39, 0.29) is 42.8 Å². The maximum atomic E-state index is 12.3. The van der Waals surface area contributed by atoms with E-state index in [9.17, 15) is 4.79 Å². The first kappa shape index (κ1) is 23.0. The summed E-state index contributed by atoms with van der Waals surface area (Å²) in [6.07, 6.45) is 3.21. The van der Waals surface area contributed by atoms with Gasteiger partial charge in [-0.15, -0.1) is 24.8 Å². The Hall–Kier alpha value is -1.01. The molecular formula is C17H29Cl2N3O2. The van der Waals surface area contributed by atoms with Gasteiger partial charge in [-0.1, -0.05) is 18.6 Å². The summed E-state index contributed by atoms with van der Waals surface area (Å²) in [7, 11) is 5.71. The number of rotatable bonds is 6. The van der Waals surface area contributed by atoms with Gasteiger partial charge in [0.15, 0.2) is 0 Å². The predicted molar refractivity (Wildman–Crippen MR) is 103 cm³/mol. The normalized spacial score (nSPS) is 18.1. The lowest BCUT2D eigenvalue weighted by atomic mass is 10.0. The number of carbonyl (C=O) groups is 1. The molecule has 0 saturated carbocycles. The fraction of sp³-hybridized carbons (Fsp3) is 0.588. The lowest BCUT2D eigenvalue weighted by Crippen LogP contribution is -2.48. The van der Waals surface area contributed by atoms with E-state index in [4.69, 9.17) is 4.74 Å². The summed E-state index contributed by atoms with van der Waals surface area (Å²) in [6, 6.07) is 8.09. The number of amides is 1. The summed E-state index contributed by atoms with van der Waals surface area (Å²) in [4.78, 5) is 14.4. The fourth-order valence-electron chi connectivity index (χ4n) is 2.84. The van der Waals surface area contributed by atoms with Crippen LogP contribution in [-0.2, 0) is 4.79 Å². The van der Waals surface area contributed by atoms with Crippen molar-refractivity contribution in [1.82, 2.24) is 15.5 Å². The van der Waals surface area contributed by atoms with Crippen molar-refractivity contribution in [3.05, 3.63) is 29.8 Å². The summed E-state index contributed by atoms with van der Waals surface area (Å²) >= 11 is 0. The van der Waals surface area contributed by atoms with Gasteiger partial charge < -0.3 is 20.3 Å². The van der Waals surface area contributed by atoms with Crippen molar-refractivity contribution in [3.63, 3.8) is 0 Å². The molecule has 1 heterocycles. The molecule has 1 amide bonds. The molecule has 1 aliphatic rings. The minimum absolute atomic E-state index is 0. The molecule has 0 bridgehead atoms. The van der Waals surface area contributed by atoms with Crippen LogP contribution in [0.25, 0.3) is 0 Å². The molecular weight excluding hydrogens is 349 g/mol. The van der Waals surface area contributed by atoms with E-state index >= 15 is 0 Å². The first-order valence-corrected chi connectivity index (χ1v) is 7.93. The fourth-order valence-corrected chi connectivity index (χ4v) is 2.84. The lowest BCUT2D eigenvalue weighted by molar-refractivity contribution is -0.123. The van der Waals surface area contributed by atoms with E-state index in [0.717, 1.165) is 37.1 Å². The van der Waals surface area contributed by atoms with Gasteiger partial charge in [-0.2, -0.15) is 0 Å². The van der Waals surface area contributed by atoms with E-state index in [1.54, 1.807) is 7.11 Å². The number of nitrogens with one attached hydrogen (secondary N) is 2. The first-order chi connectivity index (χ1) is 10.6. The zero-order valence-electron chi connectivity index (χ0n) is 14.6. The molecule has 1 aromatic rings. The number of piperidine rings is 1. The van der Waals surface area contributed by atoms with Gasteiger partial charge in [-0.3, -0.25) is 4.79 Å². The number of nitrogens with zero attached hydrogens (tertiary/aromatic N) is 1. The topological polar surface area (TPSA) is 53.6 Å². The number of methoxy groups -OCH3 is 1. The molecule has 7 heteroatoms. The molecule has 1 fully saturated rings. The minimum Gasteiger partial charge on any atom is -0.497 e. The Labute approximate surface area is 157 Å². The summed E-state index contributed by atoms with van der Waals surface area (Å²) in [5.74, 6) is 0.944. The Kier molecular flexibility index (Phi) is 11.0. The van der Waals surface area contributed by atoms with Crippen LogP contribution in [0.3, 0.4) is 0 Å². The van der Waals surface area contributed by atoms with Gasteiger partial charge >= 0.3 is 0 Å². The molecule has 2 rings (SSSR count). The van der Waals surface area contributed by atoms with Crippen LogP contribution < -0.4 is 15.4 Å². The third-order valence-corrected chi connectivity index (χ3v) is 4.20. The van der Waals surface area contributed by atoms with Crippen molar-refractivity contribution in [2.24, 2.45) is 0 Å². The van der Waals surface area contributed by atoms with Crippen molar-refractivity contribution in [2.75, 3.05) is 34.3 Å². The molecule has 0 spiro atoms. The number of ether oxygens (including phenoxy) is 1. The second kappa shape index (κ2) is 11.5. The molecule has 0 aromatic heterocycles. The molecule has 0 radical (unpaired) electrons. The van der Waals surface area contributed by atoms with Gasteiger partial charge in [-0.25, -0.2) is 0 Å². The molecule has 1 unspecified atom stereocenters. The van der Waals surface area contributed by atoms with E-state index in [2.05, 4.69) is 21.6 Å². The average molecular weight is 378 g/mol. The van der Waals surface area contributed by atoms with Gasteiger partial charge in [-0.05, 0) is 51.2 Å². The molecule has 5 nitrogen and oxygen atoms in total. The minimum atomic E-state index is -0.0399. The number of likely N-dealkylation sites (N-methyl/N-ethyl adjacent to an activating group) is 1. The molecule has 2 N–H and O–H groups in total. The number of hydrogen-bond acceptors (Lipinski definition) is 4. The highest BCUT2D eigenvalue weighted by molar-refractivity contribution is 5.85. The van der Waals surface area contributed by atoms with Crippen molar-refractivity contribution in [1.29, 1.82) is 0 Å². The first-order valence-electron chi connectivity index (χ1n) is 7.93. The maximum absolute atomic E-state index is 12.3. The standard InChI is InChI=1S/C17H27N3O2.2ClH/c1-20(2)16(13-7-6-8-14(11-13)22-3)12-19-17(21)15-9-4-5-10-18-15;;/h6-8,11,15-16,18H,4-5,9-10,12H2,1-3H3,(H,19,21);2*1H/t15-,16?;;/m1../s1. The quantitative estimate of drug-likeness (QED) is 0.798. The van der Waals surface area contributed by atoms with Crippen LogP contribution >= 0.6 is 24.8 Å². The van der Waals surface area contributed by atoms with Gasteiger partial charge in [0.2, 0.25) is 5.91 Å². The molecule has 1 aliphatic heterocycles. The zero-order chi connectivity index (χ0) is 15.9. The van der Waals surface area contributed by atoms with Crippen LogP contribution in [-0.4, -0.2) is 51.1 Å². The van der Waals surface area contributed by atoms with Crippen molar-refractivity contribution in [2.45, 2.75) is 31.3 Å². The highest BCUT2D eigenvalue weighted by Gasteiger charge is 2.22. The molecule has 2 atom stereocenters. The monoisotopic (exact) mass is 377 g/mol. The molecule has 24 heavy (non-hydrogen) atoms. The van der Waals surface area contributed by atoms with Crippen molar-refractivity contribution < 1.29 is 9.53 Å². The summed E-state index contributed by atoms with van der Waals surface area (Å²) in [5, 5.41) is 6.37. The number of carbonyl (C=O) groups excluding carboxylic acids is 1. The summed E-state index contributed by atoms with van der Waals surface area (Å²) in [5.41, 5.74) is 1.14. The summed E-state index contributed by atoms with van der Waals surface area (Å²) in [6.45, 7) is 1.53. The SMILES string of the molecule is COc1cccc(C(CNC(=O)[C@H]2CCCCN2)N(C)C)c1.Cl.Cl. The van der Waals surface area contributed by atoms with Crippen molar-refractivity contribution >= 4 is 30.7 Å². The zero-order valence-corrected chi connectivity index (χ0v) is 16.2. The third-order valence-electron chi connectivity index (χ3n) is 4.20. The second-order valence-corrected chi connectivity index (χ2v) is 6.00. The highest BCUT2D eigenvalue weighted by Crippen LogP contribution is 2.22. The maximum Gasteiger partial charge on any atom is 0.237 e. The number of benzene rings is 1. The van der Waals surface area contributed by atoms with Crippen LogP contribution in [0.5, 0.6) is 5.75 Å². The number of hydrogen-bond donors (Lipinski definition) is 2. The largest absolute Gasteiger partial charge is 0.497 e. The van der Waals surface area contributed by atoms with Gasteiger partial charge in [0, 0.05) is 6.54 Å². The predicted octanol–water partition coefficient (Wildman–Crippen LogP) is 2.40.